The minimum atomic E-state index is -1.27. The molecule has 1 aliphatic heterocycles. The molecule has 17 heavy (non-hydrogen) atoms. The van der Waals surface area contributed by atoms with Gasteiger partial charge in [-0.2, -0.15) is 0 Å². The summed E-state index contributed by atoms with van der Waals surface area (Å²) in [5.74, 6) is -0.691. The molecule has 5 nitrogen and oxygen atoms in total. The molecule has 0 saturated carbocycles. The SMILES string of the molecule is CO[C@@H]1Oc2ccccc2C(OC)(OC)[C@@H]1O. The van der Waals surface area contributed by atoms with Gasteiger partial charge >= 0.3 is 0 Å². The van der Waals surface area contributed by atoms with Crippen LogP contribution in [0.25, 0.3) is 0 Å². The zero-order valence-corrected chi connectivity index (χ0v) is 10.0. The van der Waals surface area contributed by atoms with Crippen LogP contribution in [0.1, 0.15) is 5.56 Å². The molecule has 1 N–H and O–H groups in total. The molecule has 0 amide bonds. The molecule has 0 unspecified atom stereocenters. The van der Waals surface area contributed by atoms with Crippen LogP contribution in [0.4, 0.5) is 0 Å². The molecule has 5 heteroatoms. The van der Waals surface area contributed by atoms with Crippen molar-refractivity contribution in [3.8, 4) is 5.75 Å². The Bertz CT molecular complexity index is 388. The van der Waals surface area contributed by atoms with E-state index in [9.17, 15) is 5.11 Å². The summed E-state index contributed by atoms with van der Waals surface area (Å²) in [5, 5.41) is 10.2. The lowest BCUT2D eigenvalue weighted by Gasteiger charge is -2.43. The third kappa shape index (κ3) is 1.71. The van der Waals surface area contributed by atoms with Crippen LogP contribution in [0, 0.1) is 0 Å². The first-order valence-corrected chi connectivity index (χ1v) is 5.27. The lowest BCUT2D eigenvalue weighted by atomic mass is 9.95. The fraction of sp³-hybridized carbons (Fsp3) is 0.500. The van der Waals surface area contributed by atoms with Gasteiger partial charge in [0, 0.05) is 21.3 Å². The molecular weight excluding hydrogens is 224 g/mol. The van der Waals surface area contributed by atoms with Crippen LogP contribution >= 0.6 is 0 Å². The maximum atomic E-state index is 10.2. The van der Waals surface area contributed by atoms with Crippen LogP contribution in [0.3, 0.4) is 0 Å². The number of fused-ring (bicyclic) bond motifs is 1. The van der Waals surface area contributed by atoms with E-state index in [4.69, 9.17) is 18.9 Å². The number of aliphatic hydroxyl groups excluding tert-OH is 1. The number of para-hydroxylation sites is 1. The lowest BCUT2D eigenvalue weighted by Crippen LogP contribution is -2.55. The second kappa shape index (κ2) is 4.62. The van der Waals surface area contributed by atoms with E-state index in [2.05, 4.69) is 0 Å². The van der Waals surface area contributed by atoms with Crippen molar-refractivity contribution in [2.45, 2.75) is 18.2 Å². The molecule has 1 aliphatic rings. The number of hydrogen-bond acceptors (Lipinski definition) is 5. The fourth-order valence-corrected chi connectivity index (χ4v) is 2.11. The molecule has 0 radical (unpaired) electrons. The van der Waals surface area contributed by atoms with Crippen LogP contribution in [0.5, 0.6) is 5.75 Å². The maximum Gasteiger partial charge on any atom is 0.231 e. The van der Waals surface area contributed by atoms with Crippen LogP contribution < -0.4 is 4.74 Å². The molecule has 1 heterocycles. The summed E-state index contributed by atoms with van der Waals surface area (Å²) >= 11 is 0. The van der Waals surface area contributed by atoms with E-state index in [-0.39, 0.29) is 0 Å². The number of hydrogen-bond donors (Lipinski definition) is 1. The first kappa shape index (κ1) is 12.3. The molecule has 0 spiro atoms. The summed E-state index contributed by atoms with van der Waals surface area (Å²) in [7, 11) is 4.40. The zero-order valence-electron chi connectivity index (χ0n) is 10.0. The van der Waals surface area contributed by atoms with E-state index in [0.29, 0.717) is 11.3 Å². The molecule has 2 rings (SSSR count). The van der Waals surface area contributed by atoms with E-state index >= 15 is 0 Å². The van der Waals surface area contributed by atoms with Crippen molar-refractivity contribution in [3.63, 3.8) is 0 Å². The predicted octanol–water partition coefficient (Wildman–Crippen LogP) is 0.858. The molecule has 1 aromatic carbocycles. The Labute approximate surface area is 99.9 Å². The van der Waals surface area contributed by atoms with Gasteiger partial charge in [-0.25, -0.2) is 0 Å². The maximum absolute atomic E-state index is 10.2. The standard InChI is InChI=1S/C12H16O5/c1-14-11-10(13)12(15-2,16-3)8-6-4-5-7-9(8)17-11/h4-7,10-11,13H,1-3H3/t10-,11-/m1/s1. The number of methoxy groups -OCH3 is 3. The fourth-order valence-electron chi connectivity index (χ4n) is 2.11. The largest absolute Gasteiger partial charge is 0.461 e. The molecule has 2 atom stereocenters. The lowest BCUT2D eigenvalue weighted by molar-refractivity contribution is -0.320. The van der Waals surface area contributed by atoms with Gasteiger partial charge in [-0.3, -0.25) is 0 Å². The van der Waals surface area contributed by atoms with E-state index in [1.54, 1.807) is 12.1 Å². The minimum Gasteiger partial charge on any atom is -0.461 e. The van der Waals surface area contributed by atoms with Gasteiger partial charge in [0.2, 0.25) is 12.1 Å². The quantitative estimate of drug-likeness (QED) is 0.794. The minimum absolute atomic E-state index is 0.577. The number of aliphatic hydroxyl groups is 1. The monoisotopic (exact) mass is 240 g/mol. The summed E-state index contributed by atoms with van der Waals surface area (Å²) in [5.41, 5.74) is 0.644. The summed E-state index contributed by atoms with van der Waals surface area (Å²) in [6.45, 7) is 0. The topological polar surface area (TPSA) is 57.2 Å². The van der Waals surface area contributed by atoms with E-state index in [1.165, 1.54) is 21.3 Å². The summed E-state index contributed by atoms with van der Waals surface area (Å²) < 4.78 is 21.3. The average Bonchev–Trinajstić information content (AvgIpc) is 2.39. The molecular formula is C12H16O5. The highest BCUT2D eigenvalue weighted by atomic mass is 16.7. The van der Waals surface area contributed by atoms with Crippen molar-refractivity contribution >= 4 is 0 Å². The molecule has 0 bridgehead atoms. The van der Waals surface area contributed by atoms with Crippen LogP contribution in [-0.2, 0) is 20.0 Å². The molecule has 0 aliphatic carbocycles. The van der Waals surface area contributed by atoms with Gasteiger partial charge in [0.1, 0.15) is 5.75 Å². The molecule has 0 saturated heterocycles. The Hall–Kier alpha value is -1.14. The van der Waals surface area contributed by atoms with Crippen molar-refractivity contribution in [1.82, 2.24) is 0 Å². The zero-order chi connectivity index (χ0) is 12.5. The van der Waals surface area contributed by atoms with Crippen molar-refractivity contribution in [1.29, 1.82) is 0 Å². The van der Waals surface area contributed by atoms with Crippen LogP contribution in [-0.4, -0.2) is 38.8 Å². The normalized spacial score (nSPS) is 26.1. The Morgan fingerprint density at radius 2 is 1.82 bits per heavy atom. The summed E-state index contributed by atoms with van der Waals surface area (Å²) in [6, 6.07) is 7.23. The highest BCUT2D eigenvalue weighted by Crippen LogP contribution is 2.42. The smallest absolute Gasteiger partial charge is 0.231 e. The second-order valence-corrected chi connectivity index (χ2v) is 3.74. The second-order valence-electron chi connectivity index (χ2n) is 3.74. The molecule has 0 fully saturated rings. The van der Waals surface area contributed by atoms with Gasteiger partial charge in [0.05, 0.1) is 5.56 Å². The third-order valence-electron chi connectivity index (χ3n) is 2.99. The van der Waals surface area contributed by atoms with Gasteiger partial charge in [-0.05, 0) is 12.1 Å². The first-order valence-electron chi connectivity index (χ1n) is 5.27. The van der Waals surface area contributed by atoms with Gasteiger partial charge < -0.3 is 24.1 Å². The summed E-state index contributed by atoms with van der Waals surface area (Å²) in [6.07, 6.45) is -1.90. The van der Waals surface area contributed by atoms with Gasteiger partial charge in [0.15, 0.2) is 6.10 Å². The number of benzene rings is 1. The van der Waals surface area contributed by atoms with Crippen molar-refractivity contribution in [2.75, 3.05) is 21.3 Å². The van der Waals surface area contributed by atoms with Crippen LogP contribution in [0.2, 0.25) is 0 Å². The number of rotatable bonds is 3. The van der Waals surface area contributed by atoms with E-state index in [0.717, 1.165) is 0 Å². The number of ether oxygens (including phenoxy) is 4. The van der Waals surface area contributed by atoms with Crippen molar-refractivity contribution < 1.29 is 24.1 Å². The molecule has 94 valence electrons. The molecule has 1 aromatic rings. The Kier molecular flexibility index (Phi) is 3.35. The first-order chi connectivity index (χ1) is 8.19. The van der Waals surface area contributed by atoms with Crippen molar-refractivity contribution in [2.24, 2.45) is 0 Å². The van der Waals surface area contributed by atoms with Gasteiger partial charge in [-0.15, -0.1) is 0 Å². The van der Waals surface area contributed by atoms with Crippen LogP contribution in [0.15, 0.2) is 24.3 Å². The van der Waals surface area contributed by atoms with Crippen molar-refractivity contribution in [3.05, 3.63) is 29.8 Å². The Morgan fingerprint density at radius 1 is 1.18 bits per heavy atom. The molecule has 0 aromatic heterocycles. The summed E-state index contributed by atoms with van der Waals surface area (Å²) in [4.78, 5) is 0. The highest BCUT2D eigenvalue weighted by Gasteiger charge is 2.51. The predicted molar refractivity (Wildman–Crippen MR) is 59.6 cm³/mol. The van der Waals surface area contributed by atoms with E-state index in [1.807, 2.05) is 12.1 Å². The average molecular weight is 240 g/mol. The highest BCUT2D eigenvalue weighted by molar-refractivity contribution is 5.40. The third-order valence-corrected chi connectivity index (χ3v) is 2.99. The van der Waals surface area contributed by atoms with Gasteiger partial charge in [-0.1, -0.05) is 12.1 Å². The Balaban J connectivity index is 2.55. The van der Waals surface area contributed by atoms with E-state index < -0.39 is 18.2 Å². The van der Waals surface area contributed by atoms with Gasteiger partial charge in [0.25, 0.3) is 0 Å². The Morgan fingerprint density at radius 3 is 2.41 bits per heavy atom.